The summed E-state index contributed by atoms with van der Waals surface area (Å²) in [5.41, 5.74) is 2.04. The van der Waals surface area contributed by atoms with Gasteiger partial charge in [-0.3, -0.25) is 9.59 Å². The molecule has 1 heterocycles. The summed E-state index contributed by atoms with van der Waals surface area (Å²) < 4.78 is 0. The lowest BCUT2D eigenvalue weighted by Crippen LogP contribution is -2.31. The molecule has 0 aliphatic rings. The average Bonchev–Trinajstić information content (AvgIpc) is 3.10. The highest BCUT2D eigenvalue weighted by atomic mass is 32.1. The van der Waals surface area contributed by atoms with Gasteiger partial charge in [-0.1, -0.05) is 6.07 Å². The lowest BCUT2D eigenvalue weighted by Gasteiger charge is -2.23. The topological polar surface area (TPSA) is 52.7 Å². The Balaban J connectivity index is 2.33. The number of nitrogens with one attached hydrogen (secondary N) is 1. The van der Waals surface area contributed by atoms with Crippen molar-refractivity contribution in [2.75, 3.05) is 37.4 Å². The molecular weight excluding hydrogens is 322 g/mol. The van der Waals surface area contributed by atoms with Crippen LogP contribution in [0.4, 0.5) is 11.4 Å². The molecule has 0 saturated carbocycles. The number of rotatable bonds is 6. The van der Waals surface area contributed by atoms with E-state index in [2.05, 4.69) is 5.32 Å². The Hall–Kier alpha value is -2.34. The SMILES string of the molecule is CCN(CC)C(=O)c1cc(NC(=O)c2cccs2)ccc1N(C)C. The van der Waals surface area contributed by atoms with Gasteiger partial charge in [-0.2, -0.15) is 0 Å². The van der Waals surface area contributed by atoms with Crippen molar-refractivity contribution in [2.45, 2.75) is 13.8 Å². The van der Waals surface area contributed by atoms with Gasteiger partial charge in [-0.25, -0.2) is 0 Å². The minimum absolute atomic E-state index is 0.0316. The van der Waals surface area contributed by atoms with Gasteiger partial charge in [0.2, 0.25) is 0 Å². The quantitative estimate of drug-likeness (QED) is 0.871. The van der Waals surface area contributed by atoms with Gasteiger partial charge in [0.25, 0.3) is 11.8 Å². The van der Waals surface area contributed by atoms with Crippen molar-refractivity contribution < 1.29 is 9.59 Å². The van der Waals surface area contributed by atoms with E-state index in [1.807, 2.05) is 56.4 Å². The maximum absolute atomic E-state index is 12.8. The summed E-state index contributed by atoms with van der Waals surface area (Å²) >= 11 is 1.39. The smallest absolute Gasteiger partial charge is 0.265 e. The molecule has 2 rings (SSSR count). The van der Waals surface area contributed by atoms with Crippen LogP contribution in [0.2, 0.25) is 0 Å². The molecule has 0 fully saturated rings. The van der Waals surface area contributed by atoms with Crippen LogP contribution in [0.5, 0.6) is 0 Å². The fraction of sp³-hybridized carbons (Fsp3) is 0.333. The van der Waals surface area contributed by atoms with Gasteiger partial charge in [0.15, 0.2) is 0 Å². The number of anilines is 2. The van der Waals surface area contributed by atoms with Crippen molar-refractivity contribution in [3.05, 3.63) is 46.2 Å². The van der Waals surface area contributed by atoms with Crippen molar-refractivity contribution in [1.29, 1.82) is 0 Å². The number of hydrogen-bond donors (Lipinski definition) is 1. The molecule has 0 spiro atoms. The van der Waals surface area contributed by atoms with Crippen molar-refractivity contribution in [3.8, 4) is 0 Å². The number of amides is 2. The van der Waals surface area contributed by atoms with E-state index in [1.165, 1.54) is 11.3 Å². The van der Waals surface area contributed by atoms with Gasteiger partial charge >= 0.3 is 0 Å². The number of thiophene rings is 1. The Morgan fingerprint density at radius 3 is 2.38 bits per heavy atom. The molecule has 1 aromatic heterocycles. The molecule has 2 aromatic rings. The molecule has 1 aromatic carbocycles. The molecule has 1 N–H and O–H groups in total. The molecular formula is C18H23N3O2S. The summed E-state index contributed by atoms with van der Waals surface area (Å²) in [6.07, 6.45) is 0. The van der Waals surface area contributed by atoms with Gasteiger partial charge in [-0.05, 0) is 43.5 Å². The Kier molecular flexibility index (Phi) is 5.98. The highest BCUT2D eigenvalue weighted by molar-refractivity contribution is 7.12. The first-order valence-corrected chi connectivity index (χ1v) is 8.81. The van der Waals surface area contributed by atoms with E-state index in [1.54, 1.807) is 17.0 Å². The van der Waals surface area contributed by atoms with Crippen molar-refractivity contribution in [3.63, 3.8) is 0 Å². The predicted octanol–water partition coefficient (Wildman–Crippen LogP) is 3.55. The van der Waals surface area contributed by atoms with E-state index >= 15 is 0 Å². The number of carbonyl (C=O) groups excluding carboxylic acids is 2. The summed E-state index contributed by atoms with van der Waals surface area (Å²) in [5, 5.41) is 4.72. The largest absolute Gasteiger partial charge is 0.377 e. The lowest BCUT2D eigenvalue weighted by molar-refractivity contribution is 0.0773. The number of hydrogen-bond acceptors (Lipinski definition) is 4. The van der Waals surface area contributed by atoms with E-state index in [0.29, 0.717) is 29.2 Å². The van der Waals surface area contributed by atoms with Gasteiger partial charge in [0.1, 0.15) is 0 Å². The normalized spacial score (nSPS) is 10.3. The molecule has 2 amide bonds. The molecule has 5 nitrogen and oxygen atoms in total. The van der Waals surface area contributed by atoms with Crippen LogP contribution in [0.15, 0.2) is 35.7 Å². The maximum atomic E-state index is 12.8. The van der Waals surface area contributed by atoms with Crippen LogP contribution in [0.25, 0.3) is 0 Å². The standard InChI is InChI=1S/C18H23N3O2S/c1-5-21(6-2)18(23)14-12-13(9-10-15(14)20(3)4)19-17(22)16-8-7-11-24-16/h7-12H,5-6H2,1-4H3,(H,19,22). The Morgan fingerprint density at radius 1 is 1.12 bits per heavy atom. The van der Waals surface area contributed by atoms with Gasteiger partial charge < -0.3 is 15.1 Å². The molecule has 0 saturated heterocycles. The van der Waals surface area contributed by atoms with Crippen LogP contribution in [0.1, 0.15) is 33.9 Å². The van der Waals surface area contributed by atoms with Crippen LogP contribution in [-0.4, -0.2) is 43.9 Å². The van der Waals surface area contributed by atoms with Crippen LogP contribution >= 0.6 is 11.3 Å². The second-order valence-electron chi connectivity index (χ2n) is 5.54. The Bertz CT molecular complexity index is 707. The molecule has 0 radical (unpaired) electrons. The third kappa shape index (κ3) is 3.94. The third-order valence-electron chi connectivity index (χ3n) is 3.76. The number of nitrogens with zero attached hydrogens (tertiary/aromatic N) is 2. The zero-order valence-corrected chi connectivity index (χ0v) is 15.3. The summed E-state index contributed by atoms with van der Waals surface area (Å²) in [6.45, 7) is 5.21. The fourth-order valence-corrected chi connectivity index (χ4v) is 3.08. The minimum atomic E-state index is -0.163. The van der Waals surface area contributed by atoms with E-state index in [9.17, 15) is 9.59 Å². The third-order valence-corrected chi connectivity index (χ3v) is 4.63. The molecule has 128 valence electrons. The van der Waals surface area contributed by atoms with E-state index in [-0.39, 0.29) is 11.8 Å². The first kappa shape index (κ1) is 18.0. The number of benzene rings is 1. The highest BCUT2D eigenvalue weighted by Crippen LogP contribution is 2.25. The summed E-state index contributed by atoms with van der Waals surface area (Å²) in [7, 11) is 3.80. The Morgan fingerprint density at radius 2 is 1.83 bits per heavy atom. The first-order chi connectivity index (χ1) is 11.5. The zero-order valence-electron chi connectivity index (χ0n) is 14.5. The molecule has 24 heavy (non-hydrogen) atoms. The van der Waals surface area contributed by atoms with Gasteiger partial charge in [0, 0.05) is 38.6 Å². The highest BCUT2D eigenvalue weighted by Gasteiger charge is 2.19. The van der Waals surface area contributed by atoms with Gasteiger partial charge in [-0.15, -0.1) is 11.3 Å². The lowest BCUT2D eigenvalue weighted by atomic mass is 10.1. The predicted molar refractivity (Wildman–Crippen MR) is 100 cm³/mol. The van der Waals surface area contributed by atoms with Crippen LogP contribution < -0.4 is 10.2 Å². The van der Waals surface area contributed by atoms with Gasteiger partial charge in [0.05, 0.1) is 10.4 Å². The minimum Gasteiger partial charge on any atom is -0.377 e. The monoisotopic (exact) mass is 345 g/mol. The summed E-state index contributed by atoms with van der Waals surface area (Å²) in [5.74, 6) is -0.195. The van der Waals surface area contributed by atoms with E-state index in [4.69, 9.17) is 0 Å². The fourth-order valence-electron chi connectivity index (χ4n) is 2.46. The van der Waals surface area contributed by atoms with E-state index in [0.717, 1.165) is 5.69 Å². The van der Waals surface area contributed by atoms with Crippen LogP contribution in [-0.2, 0) is 0 Å². The van der Waals surface area contributed by atoms with E-state index < -0.39 is 0 Å². The zero-order chi connectivity index (χ0) is 17.7. The maximum Gasteiger partial charge on any atom is 0.265 e. The molecule has 0 atom stereocenters. The first-order valence-electron chi connectivity index (χ1n) is 7.93. The second kappa shape index (κ2) is 7.97. The molecule has 0 aliphatic heterocycles. The Labute approximate surface area is 146 Å². The van der Waals surface area contributed by atoms with Crippen LogP contribution in [0, 0.1) is 0 Å². The molecule has 0 bridgehead atoms. The molecule has 6 heteroatoms. The summed E-state index contributed by atoms with van der Waals surface area (Å²) in [6, 6.07) is 9.04. The summed E-state index contributed by atoms with van der Waals surface area (Å²) in [4.78, 5) is 29.3. The average molecular weight is 345 g/mol. The second-order valence-corrected chi connectivity index (χ2v) is 6.48. The van der Waals surface area contributed by atoms with Crippen molar-refractivity contribution >= 4 is 34.5 Å². The molecule has 0 aliphatic carbocycles. The number of carbonyl (C=O) groups is 2. The van der Waals surface area contributed by atoms with Crippen molar-refractivity contribution in [1.82, 2.24) is 4.90 Å². The van der Waals surface area contributed by atoms with Crippen LogP contribution in [0.3, 0.4) is 0 Å². The molecule has 0 unspecified atom stereocenters. The van der Waals surface area contributed by atoms with Crippen molar-refractivity contribution in [2.24, 2.45) is 0 Å².